The molecule has 2 aliphatic rings. The van der Waals surface area contributed by atoms with Crippen LogP contribution in [0.25, 0.3) is 0 Å². The predicted octanol–water partition coefficient (Wildman–Crippen LogP) is 3.61. The van der Waals surface area contributed by atoms with Gasteiger partial charge < -0.3 is 10.2 Å². The van der Waals surface area contributed by atoms with Gasteiger partial charge in [0.05, 0.1) is 5.02 Å². The normalized spacial score (nSPS) is 25.5. The summed E-state index contributed by atoms with van der Waals surface area (Å²) in [5.41, 5.74) is 1.24. The first-order valence-electron chi connectivity index (χ1n) is 7.58. The van der Waals surface area contributed by atoms with E-state index in [4.69, 9.17) is 11.6 Å². The molecule has 0 amide bonds. The molecule has 4 heteroatoms. The topological polar surface area (TPSA) is 28.2 Å². The lowest BCUT2D eigenvalue weighted by atomic mass is 10.1. The molecule has 1 aromatic heterocycles. The number of hydrogen-bond acceptors (Lipinski definition) is 3. The lowest BCUT2D eigenvalue weighted by molar-refractivity contribution is 0.424. The Bertz CT molecular complexity index is 495. The number of rotatable bonds is 3. The summed E-state index contributed by atoms with van der Waals surface area (Å²) in [5, 5.41) is 4.26. The van der Waals surface area contributed by atoms with Gasteiger partial charge >= 0.3 is 0 Å². The SMILES string of the molecule is CC(C)(C)NCc1cc(N2CC3CCC2C3)ncc1Cl. The van der Waals surface area contributed by atoms with Crippen LogP contribution in [0.15, 0.2) is 12.3 Å². The molecule has 1 saturated carbocycles. The van der Waals surface area contributed by atoms with Crippen molar-refractivity contribution in [1.29, 1.82) is 0 Å². The van der Waals surface area contributed by atoms with Gasteiger partial charge in [0.15, 0.2) is 0 Å². The number of halogens is 1. The molecule has 3 rings (SSSR count). The maximum Gasteiger partial charge on any atom is 0.129 e. The van der Waals surface area contributed by atoms with Crippen molar-refractivity contribution in [3.05, 3.63) is 22.8 Å². The molecule has 3 nitrogen and oxygen atoms in total. The fourth-order valence-corrected chi connectivity index (χ4v) is 3.50. The number of piperidine rings is 1. The van der Waals surface area contributed by atoms with Crippen molar-refractivity contribution in [2.45, 2.75) is 58.2 Å². The zero-order valence-electron chi connectivity index (χ0n) is 12.6. The Morgan fingerprint density at radius 1 is 1.40 bits per heavy atom. The maximum absolute atomic E-state index is 6.29. The predicted molar refractivity (Wildman–Crippen MR) is 84.3 cm³/mol. The second-order valence-corrected chi connectivity index (χ2v) is 7.63. The van der Waals surface area contributed by atoms with Crippen LogP contribution < -0.4 is 10.2 Å². The summed E-state index contributed by atoms with van der Waals surface area (Å²) >= 11 is 6.29. The van der Waals surface area contributed by atoms with Crippen LogP contribution in [0.2, 0.25) is 5.02 Å². The molecule has 1 saturated heterocycles. The van der Waals surface area contributed by atoms with Crippen molar-refractivity contribution in [1.82, 2.24) is 10.3 Å². The van der Waals surface area contributed by atoms with Crippen molar-refractivity contribution in [2.24, 2.45) is 5.92 Å². The average molecular weight is 294 g/mol. The monoisotopic (exact) mass is 293 g/mol. The molecule has 110 valence electrons. The third-order valence-corrected chi connectivity index (χ3v) is 4.77. The molecule has 1 aliphatic carbocycles. The fraction of sp³-hybridized carbons (Fsp3) is 0.688. The van der Waals surface area contributed by atoms with E-state index in [-0.39, 0.29) is 5.54 Å². The quantitative estimate of drug-likeness (QED) is 0.923. The molecule has 1 aliphatic heterocycles. The van der Waals surface area contributed by atoms with E-state index in [0.717, 1.165) is 28.9 Å². The van der Waals surface area contributed by atoms with Gasteiger partial charge in [-0.3, -0.25) is 0 Å². The van der Waals surface area contributed by atoms with Gasteiger partial charge in [0, 0.05) is 30.9 Å². The van der Waals surface area contributed by atoms with Crippen molar-refractivity contribution in [3.63, 3.8) is 0 Å². The summed E-state index contributed by atoms with van der Waals surface area (Å²) < 4.78 is 0. The van der Waals surface area contributed by atoms with E-state index in [1.165, 1.54) is 25.8 Å². The smallest absolute Gasteiger partial charge is 0.129 e. The van der Waals surface area contributed by atoms with Crippen molar-refractivity contribution < 1.29 is 0 Å². The zero-order chi connectivity index (χ0) is 14.3. The minimum absolute atomic E-state index is 0.0967. The van der Waals surface area contributed by atoms with Gasteiger partial charge in [-0.1, -0.05) is 11.6 Å². The minimum atomic E-state index is 0.0967. The summed E-state index contributed by atoms with van der Waals surface area (Å²) in [6.45, 7) is 8.47. The molecule has 2 heterocycles. The molecule has 0 spiro atoms. The lowest BCUT2D eigenvalue weighted by Gasteiger charge is -2.29. The number of nitrogens with zero attached hydrogens (tertiary/aromatic N) is 2. The molecule has 0 radical (unpaired) electrons. The number of pyridine rings is 1. The van der Waals surface area contributed by atoms with Gasteiger partial charge in [-0.05, 0) is 57.6 Å². The van der Waals surface area contributed by atoms with Crippen LogP contribution in [0, 0.1) is 5.92 Å². The van der Waals surface area contributed by atoms with E-state index < -0.39 is 0 Å². The Labute approximate surface area is 126 Å². The molecule has 2 bridgehead atoms. The molecule has 1 aromatic rings. The first-order valence-corrected chi connectivity index (χ1v) is 7.96. The van der Waals surface area contributed by atoms with Gasteiger partial charge in [-0.2, -0.15) is 0 Å². The number of hydrogen-bond donors (Lipinski definition) is 1. The third-order valence-electron chi connectivity index (χ3n) is 4.43. The van der Waals surface area contributed by atoms with Gasteiger partial charge in [-0.15, -0.1) is 0 Å². The Balaban J connectivity index is 1.76. The van der Waals surface area contributed by atoms with E-state index in [0.29, 0.717) is 6.04 Å². The molecule has 0 aromatic carbocycles. The van der Waals surface area contributed by atoms with Crippen LogP contribution in [0.5, 0.6) is 0 Å². The Kier molecular flexibility index (Phi) is 3.67. The zero-order valence-corrected chi connectivity index (χ0v) is 13.4. The summed E-state index contributed by atoms with van der Waals surface area (Å²) in [5.74, 6) is 1.99. The van der Waals surface area contributed by atoms with E-state index in [2.05, 4.69) is 42.0 Å². The van der Waals surface area contributed by atoms with Crippen LogP contribution in [0.4, 0.5) is 5.82 Å². The van der Waals surface area contributed by atoms with Gasteiger partial charge in [0.25, 0.3) is 0 Å². The lowest BCUT2D eigenvalue weighted by Crippen LogP contribution is -2.35. The summed E-state index contributed by atoms with van der Waals surface area (Å²) in [4.78, 5) is 7.03. The van der Waals surface area contributed by atoms with Crippen LogP contribution >= 0.6 is 11.6 Å². The first kappa shape index (κ1) is 14.2. The van der Waals surface area contributed by atoms with Crippen LogP contribution in [0.3, 0.4) is 0 Å². The highest BCUT2D eigenvalue weighted by molar-refractivity contribution is 6.31. The highest BCUT2D eigenvalue weighted by Gasteiger charge is 2.38. The summed E-state index contributed by atoms with van der Waals surface area (Å²) in [6.07, 6.45) is 5.88. The highest BCUT2D eigenvalue weighted by atomic mass is 35.5. The minimum Gasteiger partial charge on any atom is -0.353 e. The van der Waals surface area contributed by atoms with Crippen molar-refractivity contribution in [2.75, 3.05) is 11.4 Å². The largest absolute Gasteiger partial charge is 0.353 e. The highest BCUT2D eigenvalue weighted by Crippen LogP contribution is 2.39. The summed E-state index contributed by atoms with van der Waals surface area (Å²) in [6, 6.07) is 2.87. The van der Waals surface area contributed by atoms with Crippen LogP contribution in [-0.4, -0.2) is 23.1 Å². The molecule has 2 fully saturated rings. The summed E-state index contributed by atoms with van der Waals surface area (Å²) in [7, 11) is 0. The molecular formula is C16H24ClN3. The Morgan fingerprint density at radius 2 is 2.20 bits per heavy atom. The van der Waals surface area contributed by atoms with Crippen LogP contribution in [0.1, 0.15) is 45.6 Å². The molecule has 2 unspecified atom stereocenters. The second-order valence-electron chi connectivity index (χ2n) is 7.22. The van der Waals surface area contributed by atoms with E-state index in [1.54, 1.807) is 0 Å². The Hall–Kier alpha value is -0.800. The van der Waals surface area contributed by atoms with E-state index in [1.807, 2.05) is 6.20 Å². The third kappa shape index (κ3) is 2.94. The number of anilines is 1. The van der Waals surface area contributed by atoms with Crippen LogP contribution in [-0.2, 0) is 6.54 Å². The molecular weight excluding hydrogens is 270 g/mol. The van der Waals surface area contributed by atoms with Crippen molar-refractivity contribution >= 4 is 17.4 Å². The first-order chi connectivity index (χ1) is 9.42. The van der Waals surface area contributed by atoms with Gasteiger partial charge in [0.2, 0.25) is 0 Å². The second kappa shape index (κ2) is 5.19. The molecule has 1 N–H and O–H groups in total. The standard InChI is InChI=1S/C16H24ClN3/c1-16(2,3)19-8-12-7-15(18-9-14(12)17)20-10-11-4-5-13(20)6-11/h7,9,11,13,19H,4-6,8,10H2,1-3H3. The van der Waals surface area contributed by atoms with E-state index in [9.17, 15) is 0 Å². The van der Waals surface area contributed by atoms with E-state index >= 15 is 0 Å². The van der Waals surface area contributed by atoms with Crippen molar-refractivity contribution in [3.8, 4) is 0 Å². The average Bonchev–Trinajstić information content (AvgIpc) is 2.99. The molecule has 20 heavy (non-hydrogen) atoms. The van der Waals surface area contributed by atoms with Gasteiger partial charge in [0.1, 0.15) is 5.82 Å². The maximum atomic E-state index is 6.29. The molecule has 2 atom stereocenters. The number of nitrogens with one attached hydrogen (secondary N) is 1. The fourth-order valence-electron chi connectivity index (χ4n) is 3.33. The Morgan fingerprint density at radius 3 is 2.80 bits per heavy atom. The number of fused-ring (bicyclic) bond motifs is 2. The number of aromatic nitrogens is 1. The van der Waals surface area contributed by atoms with Gasteiger partial charge in [-0.25, -0.2) is 4.98 Å².